The molecule has 1 aromatic heterocycles. The average molecular weight is 453 g/mol. The predicted molar refractivity (Wildman–Crippen MR) is 126 cm³/mol. The summed E-state index contributed by atoms with van der Waals surface area (Å²) in [6.45, 7) is 0.889. The van der Waals surface area contributed by atoms with Gasteiger partial charge >= 0.3 is 5.97 Å². The number of carboxylic acids is 1. The van der Waals surface area contributed by atoms with Crippen molar-refractivity contribution >= 4 is 11.9 Å². The van der Waals surface area contributed by atoms with Gasteiger partial charge in [-0.25, -0.2) is 4.79 Å². The molecule has 2 heterocycles. The standard InChI is InChI=1S/C27H23N3O4/c1-29-16-22(14-28-29)19-12-10-18(11-13-19)15-30-17-21-8-5-9-23(24(21)26(30)31)34-25(27(32)33)20-6-3-2-4-7-20/h2-14,16,25H,15,17H2,1H3,(H,32,33). The van der Waals surface area contributed by atoms with Crippen molar-refractivity contribution < 1.29 is 19.4 Å². The Labute approximate surface area is 196 Å². The van der Waals surface area contributed by atoms with Crippen molar-refractivity contribution in [3.8, 4) is 16.9 Å². The summed E-state index contributed by atoms with van der Waals surface area (Å²) >= 11 is 0. The Hall–Kier alpha value is -4.39. The van der Waals surface area contributed by atoms with Gasteiger partial charge in [-0.05, 0) is 22.8 Å². The number of rotatable bonds is 7. The molecule has 0 aliphatic carbocycles. The zero-order valence-electron chi connectivity index (χ0n) is 18.6. The Morgan fingerprint density at radius 2 is 1.79 bits per heavy atom. The summed E-state index contributed by atoms with van der Waals surface area (Å²) in [5, 5.41) is 13.9. The highest BCUT2D eigenvalue weighted by atomic mass is 16.5. The highest BCUT2D eigenvalue weighted by Crippen LogP contribution is 2.34. The van der Waals surface area contributed by atoms with Crippen LogP contribution < -0.4 is 4.74 Å². The fraction of sp³-hybridized carbons (Fsp3) is 0.148. The van der Waals surface area contributed by atoms with E-state index < -0.39 is 12.1 Å². The lowest BCUT2D eigenvalue weighted by Crippen LogP contribution is -2.24. The fourth-order valence-electron chi connectivity index (χ4n) is 4.22. The molecule has 0 saturated heterocycles. The molecule has 1 atom stereocenters. The third kappa shape index (κ3) is 4.15. The van der Waals surface area contributed by atoms with Gasteiger partial charge in [0.25, 0.3) is 5.91 Å². The summed E-state index contributed by atoms with van der Waals surface area (Å²) in [6.07, 6.45) is 2.57. The molecule has 170 valence electrons. The third-order valence-corrected chi connectivity index (χ3v) is 5.91. The van der Waals surface area contributed by atoms with Crippen LogP contribution in [0.4, 0.5) is 0 Å². The van der Waals surface area contributed by atoms with Gasteiger partial charge in [0, 0.05) is 37.5 Å². The van der Waals surface area contributed by atoms with Crippen molar-refractivity contribution in [3.63, 3.8) is 0 Å². The minimum atomic E-state index is -1.20. The molecule has 0 saturated carbocycles. The van der Waals surface area contributed by atoms with E-state index in [-0.39, 0.29) is 11.7 Å². The molecule has 1 amide bonds. The second-order valence-corrected chi connectivity index (χ2v) is 8.30. The molecule has 3 aromatic carbocycles. The first-order valence-corrected chi connectivity index (χ1v) is 10.9. The van der Waals surface area contributed by atoms with Gasteiger partial charge in [0.2, 0.25) is 6.10 Å². The minimum absolute atomic E-state index is 0.167. The summed E-state index contributed by atoms with van der Waals surface area (Å²) in [5.41, 5.74) is 4.87. The topological polar surface area (TPSA) is 84.7 Å². The van der Waals surface area contributed by atoms with Gasteiger partial charge in [-0.2, -0.15) is 5.10 Å². The molecule has 1 aliphatic rings. The van der Waals surface area contributed by atoms with Gasteiger partial charge in [-0.1, -0.05) is 66.7 Å². The van der Waals surface area contributed by atoms with Crippen molar-refractivity contribution in [2.24, 2.45) is 7.05 Å². The van der Waals surface area contributed by atoms with Crippen molar-refractivity contribution in [2.75, 3.05) is 0 Å². The zero-order chi connectivity index (χ0) is 23.7. The van der Waals surface area contributed by atoms with Gasteiger partial charge in [-0.15, -0.1) is 0 Å². The predicted octanol–water partition coefficient (Wildman–Crippen LogP) is 4.45. The Morgan fingerprint density at radius 3 is 2.47 bits per heavy atom. The summed E-state index contributed by atoms with van der Waals surface area (Å²) in [6, 6.07) is 22.1. The van der Waals surface area contributed by atoms with Crippen LogP contribution in [-0.4, -0.2) is 31.7 Å². The number of aliphatic carboxylic acids is 1. The number of carbonyl (C=O) groups excluding carboxylic acids is 1. The third-order valence-electron chi connectivity index (χ3n) is 5.91. The maximum absolute atomic E-state index is 13.3. The molecule has 0 radical (unpaired) electrons. The minimum Gasteiger partial charge on any atom is -0.478 e. The van der Waals surface area contributed by atoms with Gasteiger partial charge in [0.1, 0.15) is 5.75 Å². The molecule has 1 N–H and O–H groups in total. The molecular weight excluding hydrogens is 430 g/mol. The number of amides is 1. The van der Waals surface area contributed by atoms with E-state index in [1.165, 1.54) is 0 Å². The SMILES string of the molecule is Cn1cc(-c2ccc(CN3Cc4cccc(OC(C(=O)O)c5ccccc5)c4C3=O)cc2)cn1. The number of carbonyl (C=O) groups is 2. The summed E-state index contributed by atoms with van der Waals surface area (Å²) in [5.74, 6) is -0.993. The van der Waals surface area contributed by atoms with E-state index in [1.54, 1.807) is 46.0 Å². The van der Waals surface area contributed by atoms with Gasteiger partial charge in [0.15, 0.2) is 0 Å². The molecule has 7 nitrogen and oxygen atoms in total. The van der Waals surface area contributed by atoms with Crippen LogP contribution in [0.2, 0.25) is 0 Å². The molecule has 0 spiro atoms. The van der Waals surface area contributed by atoms with Crippen LogP contribution in [0.5, 0.6) is 5.75 Å². The second kappa shape index (κ2) is 8.86. The lowest BCUT2D eigenvalue weighted by atomic mass is 10.1. The first-order chi connectivity index (χ1) is 16.5. The number of benzene rings is 3. The average Bonchev–Trinajstić information content (AvgIpc) is 3.42. The lowest BCUT2D eigenvalue weighted by molar-refractivity contribution is -0.145. The van der Waals surface area contributed by atoms with Crippen molar-refractivity contribution in [3.05, 3.63) is 107 Å². The first-order valence-electron chi connectivity index (χ1n) is 10.9. The van der Waals surface area contributed by atoms with Gasteiger partial charge in [0.05, 0.1) is 11.8 Å². The number of aryl methyl sites for hydroxylation is 1. The Morgan fingerprint density at radius 1 is 1.03 bits per heavy atom. The number of hydrogen-bond acceptors (Lipinski definition) is 4. The number of fused-ring (bicyclic) bond motifs is 1. The van der Waals surface area contributed by atoms with Crippen molar-refractivity contribution in [1.29, 1.82) is 0 Å². The van der Waals surface area contributed by atoms with E-state index in [2.05, 4.69) is 5.10 Å². The van der Waals surface area contributed by atoms with E-state index in [9.17, 15) is 14.7 Å². The highest BCUT2D eigenvalue weighted by molar-refractivity contribution is 6.01. The monoisotopic (exact) mass is 453 g/mol. The van der Waals surface area contributed by atoms with Crippen LogP contribution >= 0.6 is 0 Å². The summed E-state index contributed by atoms with van der Waals surface area (Å²) in [4.78, 5) is 26.9. The molecule has 5 rings (SSSR count). The number of hydrogen-bond donors (Lipinski definition) is 1. The van der Waals surface area contributed by atoms with E-state index in [4.69, 9.17) is 4.74 Å². The molecule has 0 fully saturated rings. The summed E-state index contributed by atoms with van der Waals surface area (Å²) < 4.78 is 7.65. The molecule has 7 heteroatoms. The number of nitrogens with zero attached hydrogens (tertiary/aromatic N) is 3. The van der Waals surface area contributed by atoms with Gasteiger partial charge in [-0.3, -0.25) is 9.48 Å². The van der Waals surface area contributed by atoms with E-state index in [1.807, 2.05) is 55.8 Å². The molecule has 4 aromatic rings. The maximum Gasteiger partial charge on any atom is 0.349 e. The van der Waals surface area contributed by atoms with E-state index in [0.29, 0.717) is 24.2 Å². The Balaban J connectivity index is 1.35. The number of carboxylic acid groups (broad SMARTS) is 1. The summed E-state index contributed by atoms with van der Waals surface area (Å²) in [7, 11) is 1.88. The van der Waals surface area contributed by atoms with E-state index in [0.717, 1.165) is 22.3 Å². The quantitative estimate of drug-likeness (QED) is 0.447. The van der Waals surface area contributed by atoms with Gasteiger partial charge < -0.3 is 14.7 Å². The normalized spacial score (nSPS) is 13.6. The molecule has 1 unspecified atom stereocenters. The number of ether oxygens (including phenoxy) is 1. The second-order valence-electron chi connectivity index (χ2n) is 8.30. The molecule has 1 aliphatic heterocycles. The largest absolute Gasteiger partial charge is 0.478 e. The van der Waals surface area contributed by atoms with Crippen LogP contribution in [0.1, 0.15) is 33.2 Å². The van der Waals surface area contributed by atoms with Crippen LogP contribution in [0.3, 0.4) is 0 Å². The Kier molecular flexibility index (Phi) is 5.59. The first kappa shape index (κ1) is 21.5. The molecular formula is C27H23N3O4. The fourth-order valence-corrected chi connectivity index (χ4v) is 4.22. The van der Waals surface area contributed by atoms with Crippen LogP contribution in [-0.2, 0) is 24.9 Å². The van der Waals surface area contributed by atoms with Crippen LogP contribution in [0, 0.1) is 0 Å². The molecule has 0 bridgehead atoms. The maximum atomic E-state index is 13.3. The Bertz CT molecular complexity index is 1350. The van der Waals surface area contributed by atoms with Crippen LogP contribution in [0.25, 0.3) is 11.1 Å². The molecule has 34 heavy (non-hydrogen) atoms. The number of aromatic nitrogens is 2. The highest BCUT2D eigenvalue weighted by Gasteiger charge is 2.32. The van der Waals surface area contributed by atoms with Crippen molar-refractivity contribution in [1.82, 2.24) is 14.7 Å². The lowest BCUT2D eigenvalue weighted by Gasteiger charge is -2.18. The van der Waals surface area contributed by atoms with E-state index >= 15 is 0 Å². The van der Waals surface area contributed by atoms with Crippen LogP contribution in [0.15, 0.2) is 85.2 Å². The van der Waals surface area contributed by atoms with Crippen molar-refractivity contribution in [2.45, 2.75) is 19.2 Å². The zero-order valence-corrected chi connectivity index (χ0v) is 18.6. The smallest absolute Gasteiger partial charge is 0.349 e.